The lowest BCUT2D eigenvalue weighted by Crippen LogP contribution is -2.42. The third-order valence-corrected chi connectivity index (χ3v) is 6.31. The Morgan fingerprint density at radius 3 is 2.66 bits per heavy atom. The fourth-order valence-corrected chi connectivity index (χ4v) is 4.45. The van der Waals surface area contributed by atoms with Gasteiger partial charge in [0.15, 0.2) is 0 Å². The number of fused-ring (bicyclic) bond motifs is 1. The number of hydrogen-bond donors (Lipinski definition) is 2. The summed E-state index contributed by atoms with van der Waals surface area (Å²) >= 11 is 1.64. The fourth-order valence-electron chi connectivity index (χ4n) is 3.78. The zero-order chi connectivity index (χ0) is 24.5. The second kappa shape index (κ2) is 12.3. The molecule has 3 aromatic rings. The summed E-state index contributed by atoms with van der Waals surface area (Å²) in [5, 5.41) is 5.91. The van der Waals surface area contributed by atoms with Crippen LogP contribution < -0.4 is 10.8 Å². The summed E-state index contributed by atoms with van der Waals surface area (Å²) in [6, 6.07) is 23.4. The van der Waals surface area contributed by atoms with Crippen LogP contribution >= 0.6 is 11.8 Å². The van der Waals surface area contributed by atoms with Crippen molar-refractivity contribution in [3.8, 4) is 0 Å². The number of hydroxylamine groups is 1. The van der Waals surface area contributed by atoms with Gasteiger partial charge in [0.2, 0.25) is 5.91 Å². The van der Waals surface area contributed by atoms with Gasteiger partial charge in [0, 0.05) is 0 Å². The minimum Gasteiger partial charge on any atom is -0.445 e. The first-order valence-electron chi connectivity index (χ1n) is 11.6. The molecule has 0 saturated heterocycles. The first-order valence-corrected chi connectivity index (χ1v) is 12.6. The Morgan fingerprint density at radius 1 is 1.06 bits per heavy atom. The Kier molecular flexibility index (Phi) is 8.64. The summed E-state index contributed by atoms with van der Waals surface area (Å²) < 4.78 is 5.55. The molecular formula is C27H29N3O4S. The molecule has 1 unspecified atom stereocenters. The van der Waals surface area contributed by atoms with E-state index in [9.17, 15) is 9.59 Å². The van der Waals surface area contributed by atoms with Gasteiger partial charge in [-0.15, -0.1) is 11.8 Å². The van der Waals surface area contributed by atoms with Crippen molar-refractivity contribution >= 4 is 34.5 Å². The highest BCUT2D eigenvalue weighted by molar-refractivity contribution is 8.02. The van der Waals surface area contributed by atoms with Crippen LogP contribution in [0, 0.1) is 0 Å². The van der Waals surface area contributed by atoms with Crippen molar-refractivity contribution in [1.29, 1.82) is 0 Å². The standard InChI is InChI=1S/C27H29N3O4S/c1-2-35-26-15-23(34-29-26)16-28-25(31)18-30(27(32)33-19-20-9-4-3-5-10-20)17-22-13-8-12-21-11-6-7-14-24(21)22/h3-15,23,29H,2,16-19H2,1H3,(H,28,31). The number of rotatable bonds is 10. The van der Waals surface area contributed by atoms with Gasteiger partial charge in [0.1, 0.15) is 19.3 Å². The summed E-state index contributed by atoms with van der Waals surface area (Å²) in [7, 11) is 0. The zero-order valence-corrected chi connectivity index (χ0v) is 20.4. The molecule has 1 atom stereocenters. The molecule has 0 aliphatic carbocycles. The van der Waals surface area contributed by atoms with Crippen molar-refractivity contribution in [2.45, 2.75) is 26.2 Å². The highest BCUT2D eigenvalue weighted by Crippen LogP contribution is 2.21. The average molecular weight is 492 g/mol. The number of ether oxygens (including phenoxy) is 1. The van der Waals surface area contributed by atoms with Gasteiger partial charge in [-0.05, 0) is 33.7 Å². The van der Waals surface area contributed by atoms with Gasteiger partial charge in [-0.1, -0.05) is 79.7 Å². The number of benzene rings is 3. The SMILES string of the molecule is CCSC1=CC(CNC(=O)CN(Cc2cccc3ccccc23)C(=O)OCc2ccccc2)ON1. The Morgan fingerprint density at radius 2 is 1.83 bits per heavy atom. The van der Waals surface area contributed by atoms with E-state index in [1.807, 2.05) is 78.9 Å². The van der Waals surface area contributed by atoms with E-state index in [-0.39, 0.29) is 31.7 Å². The molecule has 7 nitrogen and oxygen atoms in total. The van der Waals surface area contributed by atoms with Gasteiger partial charge < -0.3 is 10.1 Å². The van der Waals surface area contributed by atoms with Crippen LogP contribution in [-0.4, -0.2) is 41.8 Å². The van der Waals surface area contributed by atoms with E-state index in [4.69, 9.17) is 9.57 Å². The number of nitrogens with one attached hydrogen (secondary N) is 2. The van der Waals surface area contributed by atoms with Crippen molar-refractivity contribution < 1.29 is 19.2 Å². The molecule has 0 saturated carbocycles. The summed E-state index contributed by atoms with van der Waals surface area (Å²) in [6.07, 6.45) is 1.14. The van der Waals surface area contributed by atoms with Crippen molar-refractivity contribution in [2.24, 2.45) is 0 Å². The van der Waals surface area contributed by atoms with E-state index in [2.05, 4.69) is 17.7 Å². The van der Waals surface area contributed by atoms with Gasteiger partial charge in [0.25, 0.3) is 0 Å². The van der Waals surface area contributed by atoms with E-state index in [1.54, 1.807) is 11.8 Å². The smallest absolute Gasteiger partial charge is 0.410 e. The second-order valence-corrected chi connectivity index (χ2v) is 9.37. The third kappa shape index (κ3) is 7.00. The molecule has 1 aliphatic heterocycles. The van der Waals surface area contributed by atoms with Gasteiger partial charge in [-0.25, -0.2) is 4.79 Å². The summed E-state index contributed by atoms with van der Waals surface area (Å²) in [4.78, 5) is 32.7. The highest BCUT2D eigenvalue weighted by atomic mass is 32.2. The average Bonchev–Trinajstić information content (AvgIpc) is 3.34. The molecule has 0 bridgehead atoms. The molecule has 8 heteroatoms. The summed E-state index contributed by atoms with van der Waals surface area (Å²) in [5.74, 6) is 0.644. The lowest BCUT2D eigenvalue weighted by molar-refractivity contribution is -0.122. The Hall–Kier alpha value is -3.49. The maximum absolute atomic E-state index is 13.0. The Bertz CT molecular complexity index is 1180. The van der Waals surface area contributed by atoms with Crippen LogP contribution in [0.15, 0.2) is 83.9 Å². The van der Waals surface area contributed by atoms with Crippen molar-refractivity contribution in [3.63, 3.8) is 0 Å². The van der Waals surface area contributed by atoms with E-state index in [0.29, 0.717) is 6.54 Å². The van der Waals surface area contributed by atoms with Gasteiger partial charge >= 0.3 is 6.09 Å². The third-order valence-electron chi connectivity index (χ3n) is 5.49. The highest BCUT2D eigenvalue weighted by Gasteiger charge is 2.22. The van der Waals surface area contributed by atoms with Crippen LogP contribution in [-0.2, 0) is 27.5 Å². The number of nitrogens with zero attached hydrogens (tertiary/aromatic N) is 1. The van der Waals surface area contributed by atoms with Crippen molar-refractivity contribution in [2.75, 3.05) is 18.8 Å². The minimum atomic E-state index is -0.544. The molecule has 0 radical (unpaired) electrons. The van der Waals surface area contributed by atoms with E-state index in [1.165, 1.54) is 4.90 Å². The molecule has 2 amide bonds. The summed E-state index contributed by atoms with van der Waals surface area (Å²) in [5.41, 5.74) is 4.69. The van der Waals surface area contributed by atoms with Crippen molar-refractivity contribution in [3.05, 3.63) is 95.0 Å². The Labute approximate surface area is 209 Å². The minimum absolute atomic E-state index is 0.128. The maximum atomic E-state index is 13.0. The predicted molar refractivity (Wildman–Crippen MR) is 138 cm³/mol. The lowest BCUT2D eigenvalue weighted by Gasteiger charge is -2.23. The van der Waals surface area contributed by atoms with Crippen LogP contribution in [0.25, 0.3) is 10.8 Å². The van der Waals surface area contributed by atoms with Crippen LogP contribution in [0.3, 0.4) is 0 Å². The van der Waals surface area contributed by atoms with E-state index >= 15 is 0 Å². The second-order valence-electron chi connectivity index (χ2n) is 8.06. The number of carbonyl (C=O) groups excluding carboxylic acids is 2. The molecule has 0 fully saturated rings. The molecule has 35 heavy (non-hydrogen) atoms. The molecule has 0 aromatic heterocycles. The molecule has 1 aliphatic rings. The quantitative estimate of drug-likeness (QED) is 0.432. The predicted octanol–water partition coefficient (Wildman–Crippen LogP) is 4.59. The molecule has 1 heterocycles. The number of hydrogen-bond acceptors (Lipinski definition) is 6. The fraction of sp³-hybridized carbons (Fsp3) is 0.259. The van der Waals surface area contributed by atoms with Crippen LogP contribution in [0.4, 0.5) is 4.79 Å². The van der Waals surface area contributed by atoms with E-state index in [0.717, 1.165) is 32.7 Å². The van der Waals surface area contributed by atoms with Crippen LogP contribution in [0.5, 0.6) is 0 Å². The Balaban J connectivity index is 1.43. The number of amides is 2. The van der Waals surface area contributed by atoms with Crippen LogP contribution in [0.2, 0.25) is 0 Å². The normalized spacial score (nSPS) is 14.8. The monoisotopic (exact) mass is 491 g/mol. The lowest BCUT2D eigenvalue weighted by atomic mass is 10.0. The maximum Gasteiger partial charge on any atom is 0.410 e. The molecular weight excluding hydrogens is 462 g/mol. The molecule has 0 spiro atoms. The van der Waals surface area contributed by atoms with Gasteiger partial charge in [-0.2, -0.15) is 0 Å². The molecule has 4 rings (SSSR count). The number of carbonyl (C=O) groups is 2. The summed E-state index contributed by atoms with van der Waals surface area (Å²) in [6.45, 7) is 2.63. The number of thioether (sulfide) groups is 1. The largest absolute Gasteiger partial charge is 0.445 e. The first-order chi connectivity index (χ1) is 17.1. The van der Waals surface area contributed by atoms with Crippen LogP contribution in [0.1, 0.15) is 18.1 Å². The van der Waals surface area contributed by atoms with E-state index < -0.39 is 6.09 Å². The zero-order valence-electron chi connectivity index (χ0n) is 19.6. The first kappa shape index (κ1) is 24.6. The van der Waals surface area contributed by atoms with Gasteiger partial charge in [-0.3, -0.25) is 20.0 Å². The molecule has 182 valence electrons. The molecule has 2 N–H and O–H groups in total. The topological polar surface area (TPSA) is 79.9 Å². The van der Waals surface area contributed by atoms with Gasteiger partial charge in [0.05, 0.1) is 18.1 Å². The molecule has 3 aromatic carbocycles. The van der Waals surface area contributed by atoms with Crippen molar-refractivity contribution in [1.82, 2.24) is 15.7 Å².